The Morgan fingerprint density at radius 2 is 1.79 bits per heavy atom. The Morgan fingerprint density at radius 3 is 2.53 bits per heavy atom. The van der Waals surface area contributed by atoms with E-state index in [1.165, 1.54) is 0 Å². The molecular weight excluding hydrogens is 242 g/mol. The first kappa shape index (κ1) is 12.3. The van der Waals surface area contributed by atoms with Crippen molar-refractivity contribution < 1.29 is 14.6 Å². The summed E-state index contributed by atoms with van der Waals surface area (Å²) < 4.78 is 10.9. The predicted molar refractivity (Wildman–Crippen MR) is 69.4 cm³/mol. The Balaban J connectivity index is 1.86. The summed E-state index contributed by atoms with van der Waals surface area (Å²) in [5, 5.41) is 10.3. The minimum absolute atomic E-state index is 0.315. The van der Waals surface area contributed by atoms with Crippen LogP contribution in [0, 0.1) is 0 Å². The molecule has 1 aliphatic rings. The number of pyridine rings is 1. The van der Waals surface area contributed by atoms with E-state index in [-0.39, 0.29) is 6.29 Å². The second kappa shape index (κ2) is 5.48. The van der Waals surface area contributed by atoms with Crippen LogP contribution in [0.3, 0.4) is 0 Å². The molecule has 1 atom stereocenters. The van der Waals surface area contributed by atoms with Crippen LogP contribution in [0.25, 0.3) is 0 Å². The first-order valence-corrected chi connectivity index (χ1v) is 6.25. The van der Waals surface area contributed by atoms with Gasteiger partial charge in [0.15, 0.2) is 6.29 Å². The standard InChI is InChI=1S/C15H15NO3/c17-14(11-4-6-16-7-5-11)12-2-1-3-13(10-12)15-18-8-9-19-15/h1-7,10,14-15,17H,8-9H2. The SMILES string of the molecule is OC(c1ccncc1)c1cccc(C2OCCO2)c1. The van der Waals surface area contributed by atoms with Crippen LogP contribution in [0.5, 0.6) is 0 Å². The molecule has 2 aromatic rings. The fourth-order valence-electron chi connectivity index (χ4n) is 2.16. The van der Waals surface area contributed by atoms with Gasteiger partial charge >= 0.3 is 0 Å². The van der Waals surface area contributed by atoms with Gasteiger partial charge in [0.1, 0.15) is 6.10 Å². The molecule has 1 aromatic heterocycles. The number of aliphatic hydroxyl groups excluding tert-OH is 1. The summed E-state index contributed by atoms with van der Waals surface area (Å²) in [7, 11) is 0. The van der Waals surface area contributed by atoms with Gasteiger partial charge in [-0.2, -0.15) is 0 Å². The highest BCUT2D eigenvalue weighted by Crippen LogP contribution is 2.27. The van der Waals surface area contributed by atoms with Gasteiger partial charge in [0.25, 0.3) is 0 Å². The minimum Gasteiger partial charge on any atom is -0.384 e. The zero-order valence-corrected chi connectivity index (χ0v) is 10.4. The van der Waals surface area contributed by atoms with Crippen molar-refractivity contribution in [2.75, 3.05) is 13.2 Å². The zero-order chi connectivity index (χ0) is 13.1. The van der Waals surface area contributed by atoms with Crippen molar-refractivity contribution in [3.8, 4) is 0 Å². The largest absolute Gasteiger partial charge is 0.384 e. The van der Waals surface area contributed by atoms with Gasteiger partial charge in [0.2, 0.25) is 0 Å². The summed E-state index contributed by atoms with van der Waals surface area (Å²) in [4.78, 5) is 3.95. The summed E-state index contributed by atoms with van der Waals surface area (Å²) in [5.41, 5.74) is 2.58. The molecule has 1 aliphatic heterocycles. The minimum atomic E-state index is -0.663. The smallest absolute Gasteiger partial charge is 0.184 e. The van der Waals surface area contributed by atoms with E-state index in [1.807, 2.05) is 24.3 Å². The Labute approximate surface area is 111 Å². The first-order chi connectivity index (χ1) is 9.34. The van der Waals surface area contributed by atoms with Crippen molar-refractivity contribution >= 4 is 0 Å². The van der Waals surface area contributed by atoms with Crippen LogP contribution in [0.4, 0.5) is 0 Å². The number of ether oxygens (including phenoxy) is 2. The van der Waals surface area contributed by atoms with E-state index in [4.69, 9.17) is 9.47 Å². The average molecular weight is 257 g/mol. The van der Waals surface area contributed by atoms with Gasteiger partial charge in [-0.1, -0.05) is 18.2 Å². The molecule has 98 valence electrons. The monoisotopic (exact) mass is 257 g/mol. The summed E-state index contributed by atoms with van der Waals surface area (Å²) in [5.74, 6) is 0. The molecule has 1 fully saturated rings. The number of benzene rings is 1. The fourth-order valence-corrected chi connectivity index (χ4v) is 2.16. The normalized spacial score (nSPS) is 17.5. The predicted octanol–water partition coefficient (Wildman–Crippen LogP) is 2.21. The molecule has 1 N–H and O–H groups in total. The van der Waals surface area contributed by atoms with Gasteiger partial charge < -0.3 is 14.6 Å². The average Bonchev–Trinajstić information content (AvgIpc) is 3.02. The molecule has 19 heavy (non-hydrogen) atoms. The first-order valence-electron chi connectivity index (χ1n) is 6.25. The number of rotatable bonds is 3. The number of hydrogen-bond acceptors (Lipinski definition) is 4. The number of aliphatic hydroxyl groups is 1. The third-order valence-electron chi connectivity index (χ3n) is 3.14. The molecule has 0 amide bonds. The Bertz CT molecular complexity index is 538. The molecule has 1 aromatic carbocycles. The van der Waals surface area contributed by atoms with Gasteiger partial charge in [-0.15, -0.1) is 0 Å². The van der Waals surface area contributed by atoms with Gasteiger partial charge in [-0.05, 0) is 29.3 Å². The molecular formula is C15H15NO3. The Kier molecular flexibility index (Phi) is 3.55. The van der Waals surface area contributed by atoms with Crippen molar-refractivity contribution in [1.29, 1.82) is 0 Å². The summed E-state index contributed by atoms with van der Waals surface area (Å²) in [6.45, 7) is 1.23. The molecule has 4 nitrogen and oxygen atoms in total. The van der Waals surface area contributed by atoms with E-state index < -0.39 is 6.10 Å². The highest BCUT2D eigenvalue weighted by molar-refractivity contribution is 5.32. The van der Waals surface area contributed by atoms with Crippen molar-refractivity contribution in [3.05, 3.63) is 65.5 Å². The lowest BCUT2D eigenvalue weighted by Crippen LogP contribution is -2.03. The van der Waals surface area contributed by atoms with Crippen LogP contribution in [-0.4, -0.2) is 23.3 Å². The molecule has 0 bridgehead atoms. The van der Waals surface area contributed by atoms with E-state index in [0.717, 1.165) is 16.7 Å². The maximum Gasteiger partial charge on any atom is 0.184 e. The van der Waals surface area contributed by atoms with Gasteiger partial charge in [0, 0.05) is 18.0 Å². The Morgan fingerprint density at radius 1 is 1.05 bits per heavy atom. The summed E-state index contributed by atoms with van der Waals surface area (Å²) in [6, 6.07) is 11.3. The van der Waals surface area contributed by atoms with Crippen LogP contribution >= 0.6 is 0 Å². The number of aromatic nitrogens is 1. The van der Waals surface area contributed by atoms with Crippen molar-refractivity contribution in [1.82, 2.24) is 4.98 Å². The van der Waals surface area contributed by atoms with Crippen molar-refractivity contribution in [2.24, 2.45) is 0 Å². The molecule has 3 rings (SSSR count). The summed E-state index contributed by atoms with van der Waals surface area (Å²) in [6.07, 6.45) is 2.37. The van der Waals surface area contributed by atoms with Crippen LogP contribution in [0.1, 0.15) is 29.1 Å². The van der Waals surface area contributed by atoms with E-state index in [9.17, 15) is 5.11 Å². The third-order valence-corrected chi connectivity index (χ3v) is 3.14. The fraction of sp³-hybridized carbons (Fsp3) is 0.267. The Hall–Kier alpha value is -1.75. The van der Waals surface area contributed by atoms with Crippen LogP contribution < -0.4 is 0 Å². The van der Waals surface area contributed by atoms with E-state index in [2.05, 4.69) is 4.98 Å². The lowest BCUT2D eigenvalue weighted by atomic mass is 10.0. The molecule has 1 saturated heterocycles. The van der Waals surface area contributed by atoms with Gasteiger partial charge in [0.05, 0.1) is 13.2 Å². The lowest BCUT2D eigenvalue weighted by molar-refractivity contribution is -0.0442. The molecule has 0 spiro atoms. The maximum absolute atomic E-state index is 10.3. The molecule has 0 saturated carbocycles. The summed E-state index contributed by atoms with van der Waals surface area (Å²) >= 11 is 0. The number of hydrogen-bond donors (Lipinski definition) is 1. The van der Waals surface area contributed by atoms with E-state index in [0.29, 0.717) is 13.2 Å². The van der Waals surface area contributed by atoms with E-state index in [1.54, 1.807) is 24.5 Å². The van der Waals surface area contributed by atoms with E-state index >= 15 is 0 Å². The molecule has 1 unspecified atom stereocenters. The lowest BCUT2D eigenvalue weighted by Gasteiger charge is -2.14. The molecule has 0 radical (unpaired) electrons. The van der Waals surface area contributed by atoms with Crippen LogP contribution in [0.2, 0.25) is 0 Å². The topological polar surface area (TPSA) is 51.6 Å². The highest BCUT2D eigenvalue weighted by atomic mass is 16.7. The van der Waals surface area contributed by atoms with Crippen molar-refractivity contribution in [3.63, 3.8) is 0 Å². The molecule has 0 aliphatic carbocycles. The zero-order valence-electron chi connectivity index (χ0n) is 10.4. The van der Waals surface area contributed by atoms with Gasteiger partial charge in [-0.3, -0.25) is 4.98 Å². The third kappa shape index (κ3) is 2.66. The molecule has 4 heteroatoms. The van der Waals surface area contributed by atoms with Crippen LogP contribution in [-0.2, 0) is 9.47 Å². The second-order valence-electron chi connectivity index (χ2n) is 4.43. The number of nitrogens with zero attached hydrogens (tertiary/aromatic N) is 1. The van der Waals surface area contributed by atoms with Crippen molar-refractivity contribution in [2.45, 2.75) is 12.4 Å². The second-order valence-corrected chi connectivity index (χ2v) is 4.43. The van der Waals surface area contributed by atoms with Crippen LogP contribution in [0.15, 0.2) is 48.8 Å². The quantitative estimate of drug-likeness (QED) is 0.916. The highest BCUT2D eigenvalue weighted by Gasteiger charge is 2.19. The molecule has 2 heterocycles. The maximum atomic E-state index is 10.3. The van der Waals surface area contributed by atoms with Gasteiger partial charge in [-0.25, -0.2) is 0 Å².